The van der Waals surface area contributed by atoms with Crippen molar-refractivity contribution in [2.75, 3.05) is 20.2 Å². The van der Waals surface area contributed by atoms with Crippen LogP contribution in [0.2, 0.25) is 0 Å². The van der Waals surface area contributed by atoms with E-state index < -0.39 is 5.97 Å². The molecule has 1 rings (SSSR count). The number of nitrogens with one attached hydrogen (secondary N) is 2. The van der Waals surface area contributed by atoms with Crippen molar-refractivity contribution in [2.45, 2.75) is 44.6 Å². The highest BCUT2D eigenvalue weighted by molar-refractivity contribution is 5.75. The number of carboxylic acid groups (broad SMARTS) is 1. The minimum Gasteiger partial charge on any atom is -0.481 e. The van der Waals surface area contributed by atoms with Gasteiger partial charge in [0.05, 0.1) is 12.0 Å². The Hall–Kier alpha value is -1.30. The lowest BCUT2D eigenvalue weighted by molar-refractivity contribution is -0.136. The maximum absolute atomic E-state index is 11.5. The van der Waals surface area contributed by atoms with Crippen LogP contribution >= 0.6 is 0 Å². The van der Waals surface area contributed by atoms with Gasteiger partial charge in [0.15, 0.2) is 0 Å². The Morgan fingerprint density at radius 1 is 1.32 bits per heavy atom. The van der Waals surface area contributed by atoms with E-state index in [9.17, 15) is 9.59 Å². The van der Waals surface area contributed by atoms with Crippen molar-refractivity contribution in [1.82, 2.24) is 10.6 Å². The molecule has 2 amide bonds. The molecule has 1 fully saturated rings. The number of hydrogen-bond donors (Lipinski definition) is 3. The summed E-state index contributed by atoms with van der Waals surface area (Å²) in [6.07, 6.45) is 4.03. The normalized spacial score (nSPS) is 26.7. The van der Waals surface area contributed by atoms with Gasteiger partial charge in [0.1, 0.15) is 0 Å². The topological polar surface area (TPSA) is 87.7 Å². The zero-order chi connectivity index (χ0) is 14.3. The number of hydrogen-bond acceptors (Lipinski definition) is 3. The first kappa shape index (κ1) is 15.8. The van der Waals surface area contributed by atoms with Crippen LogP contribution in [0.1, 0.15) is 39.0 Å². The Labute approximate surface area is 113 Å². The molecule has 1 aliphatic carbocycles. The third-order valence-corrected chi connectivity index (χ3v) is 3.81. The molecule has 0 heterocycles. The molecule has 0 aromatic heterocycles. The Balaban J connectivity index is 2.29. The quantitative estimate of drug-likeness (QED) is 0.681. The third kappa shape index (κ3) is 5.46. The first-order valence-corrected chi connectivity index (χ1v) is 6.76. The Bertz CT molecular complexity index is 312. The minimum atomic E-state index is -0.921. The highest BCUT2D eigenvalue weighted by Crippen LogP contribution is 2.33. The number of urea groups is 1. The summed E-state index contributed by atoms with van der Waals surface area (Å²) in [5.41, 5.74) is -0.267. The number of carboxylic acids is 1. The molecule has 0 saturated heterocycles. The van der Waals surface area contributed by atoms with Crippen LogP contribution in [0.15, 0.2) is 0 Å². The highest BCUT2D eigenvalue weighted by Gasteiger charge is 2.34. The Morgan fingerprint density at radius 2 is 1.95 bits per heavy atom. The fourth-order valence-electron chi connectivity index (χ4n) is 2.33. The number of aliphatic carboxylic acids is 1. The lowest BCUT2D eigenvalue weighted by Crippen LogP contribution is -2.49. The summed E-state index contributed by atoms with van der Waals surface area (Å²) in [6.45, 7) is 2.83. The summed E-state index contributed by atoms with van der Waals surface area (Å²) in [5.74, 6) is -0.206. The monoisotopic (exact) mass is 272 g/mol. The fraction of sp³-hybridized carbons (Fsp3) is 0.846. The molecule has 0 aliphatic heterocycles. The van der Waals surface area contributed by atoms with Crippen LogP contribution in [0, 0.1) is 5.92 Å². The summed E-state index contributed by atoms with van der Waals surface area (Å²) in [4.78, 5) is 21.8. The van der Waals surface area contributed by atoms with Gasteiger partial charge in [-0.05, 0) is 31.6 Å². The van der Waals surface area contributed by atoms with E-state index in [-0.39, 0.29) is 24.6 Å². The second-order valence-electron chi connectivity index (χ2n) is 5.32. The molecule has 0 aromatic carbocycles. The zero-order valence-electron chi connectivity index (χ0n) is 11.7. The van der Waals surface area contributed by atoms with Crippen LogP contribution in [0.3, 0.4) is 0 Å². The smallest absolute Gasteiger partial charge is 0.314 e. The summed E-state index contributed by atoms with van der Waals surface area (Å²) in [6, 6.07) is -0.337. The van der Waals surface area contributed by atoms with Crippen molar-refractivity contribution in [3.8, 4) is 0 Å². The summed E-state index contributed by atoms with van der Waals surface area (Å²) in [5, 5.41) is 13.8. The van der Waals surface area contributed by atoms with Crippen molar-refractivity contribution < 1.29 is 19.4 Å². The molecule has 0 aromatic rings. The summed E-state index contributed by atoms with van der Waals surface area (Å²) >= 11 is 0. The first-order chi connectivity index (χ1) is 8.97. The largest absolute Gasteiger partial charge is 0.481 e. The predicted molar refractivity (Wildman–Crippen MR) is 71.0 cm³/mol. The molecular formula is C13H24N2O4. The third-order valence-electron chi connectivity index (χ3n) is 3.81. The maximum atomic E-state index is 11.5. The Kier molecular flexibility index (Phi) is 6.08. The highest BCUT2D eigenvalue weighted by atomic mass is 16.5. The second-order valence-corrected chi connectivity index (χ2v) is 5.32. The van der Waals surface area contributed by atoms with E-state index in [0.29, 0.717) is 12.5 Å². The zero-order valence-corrected chi connectivity index (χ0v) is 11.7. The van der Waals surface area contributed by atoms with Crippen molar-refractivity contribution in [2.24, 2.45) is 5.92 Å². The van der Waals surface area contributed by atoms with E-state index in [0.717, 1.165) is 25.7 Å². The van der Waals surface area contributed by atoms with Gasteiger partial charge in [-0.25, -0.2) is 4.79 Å². The Morgan fingerprint density at radius 3 is 2.47 bits per heavy atom. The molecule has 6 heteroatoms. The van der Waals surface area contributed by atoms with E-state index in [1.807, 2.05) is 0 Å². The summed E-state index contributed by atoms with van der Waals surface area (Å²) < 4.78 is 5.58. The standard InChI is InChI=1S/C13H24N2O4/c1-10-3-6-13(19-2,7-4-10)9-15-12(18)14-8-5-11(16)17/h10H,3-9H2,1-2H3,(H,16,17)(H2,14,15,18). The van der Waals surface area contributed by atoms with Gasteiger partial charge >= 0.3 is 12.0 Å². The number of amides is 2. The molecular weight excluding hydrogens is 248 g/mol. The minimum absolute atomic E-state index is 0.0691. The molecule has 0 bridgehead atoms. The summed E-state index contributed by atoms with van der Waals surface area (Å²) in [7, 11) is 1.68. The molecule has 1 saturated carbocycles. The molecule has 19 heavy (non-hydrogen) atoms. The molecule has 0 radical (unpaired) electrons. The van der Waals surface area contributed by atoms with Crippen LogP contribution in [-0.4, -0.2) is 42.9 Å². The van der Waals surface area contributed by atoms with Gasteiger partial charge in [0, 0.05) is 20.2 Å². The number of carbonyl (C=O) groups excluding carboxylic acids is 1. The van der Waals surface area contributed by atoms with Crippen molar-refractivity contribution in [1.29, 1.82) is 0 Å². The van der Waals surface area contributed by atoms with Gasteiger partial charge in [-0.1, -0.05) is 6.92 Å². The molecule has 0 spiro atoms. The van der Waals surface area contributed by atoms with E-state index in [4.69, 9.17) is 9.84 Å². The van der Waals surface area contributed by atoms with Gasteiger partial charge in [-0.2, -0.15) is 0 Å². The van der Waals surface area contributed by atoms with E-state index in [1.165, 1.54) is 0 Å². The second kappa shape index (κ2) is 7.33. The maximum Gasteiger partial charge on any atom is 0.314 e. The van der Waals surface area contributed by atoms with Gasteiger partial charge < -0.3 is 20.5 Å². The molecule has 110 valence electrons. The van der Waals surface area contributed by atoms with Crippen molar-refractivity contribution >= 4 is 12.0 Å². The van der Waals surface area contributed by atoms with Crippen molar-refractivity contribution in [3.63, 3.8) is 0 Å². The number of rotatable bonds is 6. The van der Waals surface area contributed by atoms with Crippen LogP contribution in [0.4, 0.5) is 4.79 Å². The number of methoxy groups -OCH3 is 1. The van der Waals surface area contributed by atoms with Crippen molar-refractivity contribution in [3.05, 3.63) is 0 Å². The fourth-order valence-corrected chi connectivity index (χ4v) is 2.33. The van der Waals surface area contributed by atoms with E-state index in [2.05, 4.69) is 17.6 Å². The average molecular weight is 272 g/mol. The van der Waals surface area contributed by atoms with E-state index >= 15 is 0 Å². The molecule has 1 aliphatic rings. The molecule has 6 nitrogen and oxygen atoms in total. The van der Waals surface area contributed by atoms with Gasteiger partial charge in [-0.15, -0.1) is 0 Å². The van der Waals surface area contributed by atoms with Crippen LogP contribution in [0.5, 0.6) is 0 Å². The number of ether oxygens (including phenoxy) is 1. The van der Waals surface area contributed by atoms with Gasteiger partial charge in [-0.3, -0.25) is 4.79 Å². The lowest BCUT2D eigenvalue weighted by Gasteiger charge is -2.38. The first-order valence-electron chi connectivity index (χ1n) is 6.76. The average Bonchev–Trinajstić information content (AvgIpc) is 2.38. The SMILES string of the molecule is COC1(CNC(=O)NCCC(=O)O)CCC(C)CC1. The number of carbonyl (C=O) groups is 2. The molecule has 0 unspecified atom stereocenters. The van der Waals surface area contributed by atoms with Gasteiger partial charge in [0.25, 0.3) is 0 Å². The predicted octanol–water partition coefficient (Wildman–Crippen LogP) is 1.36. The van der Waals surface area contributed by atoms with Crippen LogP contribution in [-0.2, 0) is 9.53 Å². The van der Waals surface area contributed by atoms with Gasteiger partial charge in [0.2, 0.25) is 0 Å². The van der Waals surface area contributed by atoms with Crippen LogP contribution < -0.4 is 10.6 Å². The van der Waals surface area contributed by atoms with Crippen LogP contribution in [0.25, 0.3) is 0 Å². The van der Waals surface area contributed by atoms with E-state index in [1.54, 1.807) is 7.11 Å². The lowest BCUT2D eigenvalue weighted by atomic mass is 9.79. The molecule has 0 atom stereocenters. The molecule has 3 N–H and O–H groups in total.